The molecule has 0 radical (unpaired) electrons. The van der Waals surface area contributed by atoms with Crippen LogP contribution in [0, 0.1) is 5.92 Å². The number of carbonyl (C=O) groups excluding carboxylic acids is 2. The highest BCUT2D eigenvalue weighted by Gasteiger charge is 2.39. The summed E-state index contributed by atoms with van der Waals surface area (Å²) in [6.45, 7) is 7.82. The summed E-state index contributed by atoms with van der Waals surface area (Å²) in [5.41, 5.74) is 0. The molecule has 2 amide bonds. The van der Waals surface area contributed by atoms with Crippen LogP contribution in [0.4, 0.5) is 0 Å². The number of likely N-dealkylation sites (tertiary alicyclic amines) is 1. The van der Waals surface area contributed by atoms with Gasteiger partial charge in [-0.05, 0) is 31.6 Å². The molecule has 0 bridgehead atoms. The molecular formula is C18H31N3O3. The van der Waals surface area contributed by atoms with Crippen LogP contribution in [0.1, 0.15) is 46.0 Å². The van der Waals surface area contributed by atoms with Crippen molar-refractivity contribution in [2.24, 2.45) is 5.92 Å². The first-order valence-corrected chi connectivity index (χ1v) is 9.49. The molecule has 3 fully saturated rings. The lowest BCUT2D eigenvalue weighted by Gasteiger charge is -2.41. The molecule has 0 unspecified atom stereocenters. The number of carbonyl (C=O) groups is 2. The highest BCUT2D eigenvalue weighted by molar-refractivity contribution is 5.89. The van der Waals surface area contributed by atoms with Gasteiger partial charge in [-0.2, -0.15) is 0 Å². The van der Waals surface area contributed by atoms with Gasteiger partial charge in [0.1, 0.15) is 6.04 Å². The van der Waals surface area contributed by atoms with E-state index < -0.39 is 0 Å². The Balaban J connectivity index is 1.60. The summed E-state index contributed by atoms with van der Waals surface area (Å²) >= 11 is 0. The molecule has 2 saturated heterocycles. The number of aliphatic hydroxyl groups excluding tert-OH is 1. The van der Waals surface area contributed by atoms with Crippen molar-refractivity contribution in [3.63, 3.8) is 0 Å². The second-order valence-corrected chi connectivity index (χ2v) is 7.81. The molecule has 1 N–H and O–H groups in total. The van der Waals surface area contributed by atoms with E-state index in [1.54, 1.807) is 4.90 Å². The van der Waals surface area contributed by atoms with Crippen molar-refractivity contribution in [2.75, 3.05) is 32.7 Å². The Hall–Kier alpha value is -1.14. The molecule has 136 valence electrons. The summed E-state index contributed by atoms with van der Waals surface area (Å²) in [7, 11) is 0. The van der Waals surface area contributed by atoms with Gasteiger partial charge < -0.3 is 14.9 Å². The van der Waals surface area contributed by atoms with Gasteiger partial charge in [0, 0.05) is 45.2 Å². The van der Waals surface area contributed by atoms with Gasteiger partial charge in [0.25, 0.3) is 0 Å². The van der Waals surface area contributed by atoms with Crippen molar-refractivity contribution in [2.45, 2.75) is 64.1 Å². The number of piperazine rings is 1. The molecule has 3 rings (SSSR count). The largest absolute Gasteiger partial charge is 0.391 e. The molecule has 1 aliphatic carbocycles. The summed E-state index contributed by atoms with van der Waals surface area (Å²) in [6.07, 6.45) is 4.28. The number of aliphatic hydroxyl groups is 1. The van der Waals surface area contributed by atoms with Crippen molar-refractivity contribution in [3.8, 4) is 0 Å². The summed E-state index contributed by atoms with van der Waals surface area (Å²) in [5, 5.41) is 10.1. The van der Waals surface area contributed by atoms with Crippen LogP contribution >= 0.6 is 0 Å². The van der Waals surface area contributed by atoms with E-state index >= 15 is 0 Å². The lowest BCUT2D eigenvalue weighted by Crippen LogP contribution is -2.58. The van der Waals surface area contributed by atoms with E-state index in [4.69, 9.17) is 0 Å². The number of hydrogen-bond donors (Lipinski definition) is 1. The van der Waals surface area contributed by atoms with E-state index in [1.807, 2.05) is 18.7 Å². The SMILES string of the molecule is CC(C)[C@H](C(=O)N1CCN([C@@H]2CCC[C@H]2O)CC1)N1CCCC1=O. The van der Waals surface area contributed by atoms with Gasteiger partial charge >= 0.3 is 0 Å². The summed E-state index contributed by atoms with van der Waals surface area (Å²) < 4.78 is 0. The first-order valence-electron chi connectivity index (χ1n) is 9.49. The van der Waals surface area contributed by atoms with Crippen LogP contribution in [0.3, 0.4) is 0 Å². The molecule has 0 spiro atoms. The Bertz CT molecular complexity index is 474. The Kier molecular flexibility index (Phi) is 5.45. The lowest BCUT2D eigenvalue weighted by molar-refractivity contribution is -0.147. The Labute approximate surface area is 144 Å². The first kappa shape index (κ1) is 17.7. The van der Waals surface area contributed by atoms with Crippen LogP contribution in [0.25, 0.3) is 0 Å². The normalized spacial score (nSPS) is 30.4. The van der Waals surface area contributed by atoms with Crippen molar-refractivity contribution in [1.82, 2.24) is 14.7 Å². The lowest BCUT2D eigenvalue weighted by atomic mass is 10.0. The highest BCUT2D eigenvalue weighted by Crippen LogP contribution is 2.26. The minimum Gasteiger partial charge on any atom is -0.391 e. The fourth-order valence-corrected chi connectivity index (χ4v) is 4.55. The van der Waals surface area contributed by atoms with Crippen molar-refractivity contribution in [1.29, 1.82) is 0 Å². The van der Waals surface area contributed by atoms with Gasteiger partial charge in [0.15, 0.2) is 0 Å². The van der Waals surface area contributed by atoms with Crippen LogP contribution in [0.2, 0.25) is 0 Å². The van der Waals surface area contributed by atoms with Crippen molar-refractivity contribution < 1.29 is 14.7 Å². The molecule has 6 heteroatoms. The zero-order chi connectivity index (χ0) is 17.3. The van der Waals surface area contributed by atoms with E-state index in [0.717, 1.165) is 38.8 Å². The fourth-order valence-electron chi connectivity index (χ4n) is 4.55. The van der Waals surface area contributed by atoms with Gasteiger partial charge in [-0.3, -0.25) is 14.5 Å². The number of amides is 2. The van der Waals surface area contributed by atoms with Gasteiger partial charge in [-0.15, -0.1) is 0 Å². The molecule has 24 heavy (non-hydrogen) atoms. The molecule has 1 saturated carbocycles. The Morgan fingerprint density at radius 2 is 1.79 bits per heavy atom. The quantitative estimate of drug-likeness (QED) is 0.820. The van der Waals surface area contributed by atoms with E-state index in [-0.39, 0.29) is 35.9 Å². The second kappa shape index (κ2) is 7.40. The van der Waals surface area contributed by atoms with Gasteiger partial charge in [0.2, 0.25) is 11.8 Å². The number of nitrogens with zero attached hydrogens (tertiary/aromatic N) is 3. The number of rotatable bonds is 4. The first-order chi connectivity index (χ1) is 11.5. The van der Waals surface area contributed by atoms with Crippen LogP contribution in [-0.4, -0.2) is 82.5 Å². The monoisotopic (exact) mass is 337 g/mol. The molecule has 0 aromatic rings. The fraction of sp³-hybridized carbons (Fsp3) is 0.889. The van der Waals surface area contributed by atoms with Crippen LogP contribution in [0.5, 0.6) is 0 Å². The van der Waals surface area contributed by atoms with Gasteiger partial charge in [-0.1, -0.05) is 13.8 Å². The maximum atomic E-state index is 13.0. The van der Waals surface area contributed by atoms with Gasteiger partial charge in [-0.25, -0.2) is 0 Å². The summed E-state index contributed by atoms with van der Waals surface area (Å²) in [5.74, 6) is 0.357. The van der Waals surface area contributed by atoms with Gasteiger partial charge in [0.05, 0.1) is 6.10 Å². The molecule has 2 aliphatic heterocycles. The molecule has 6 nitrogen and oxygen atoms in total. The third kappa shape index (κ3) is 3.45. The molecular weight excluding hydrogens is 306 g/mol. The third-order valence-electron chi connectivity index (χ3n) is 5.87. The third-order valence-corrected chi connectivity index (χ3v) is 5.87. The second-order valence-electron chi connectivity index (χ2n) is 7.81. The predicted molar refractivity (Wildman–Crippen MR) is 91.4 cm³/mol. The zero-order valence-electron chi connectivity index (χ0n) is 15.0. The minimum absolute atomic E-state index is 0.104. The average molecular weight is 337 g/mol. The molecule has 0 aromatic heterocycles. The molecule has 3 atom stereocenters. The maximum absolute atomic E-state index is 13.0. The minimum atomic E-state index is -0.316. The predicted octanol–water partition coefficient (Wildman–Crippen LogP) is 0.691. The topological polar surface area (TPSA) is 64.1 Å². The van der Waals surface area contributed by atoms with E-state index in [0.29, 0.717) is 26.1 Å². The van der Waals surface area contributed by atoms with E-state index in [2.05, 4.69) is 4.90 Å². The zero-order valence-corrected chi connectivity index (χ0v) is 15.0. The maximum Gasteiger partial charge on any atom is 0.245 e. The van der Waals surface area contributed by atoms with Crippen LogP contribution < -0.4 is 0 Å². The van der Waals surface area contributed by atoms with E-state index in [1.165, 1.54) is 0 Å². The summed E-state index contributed by atoms with van der Waals surface area (Å²) in [4.78, 5) is 31.2. The smallest absolute Gasteiger partial charge is 0.245 e. The van der Waals surface area contributed by atoms with Crippen LogP contribution in [0.15, 0.2) is 0 Å². The Morgan fingerprint density at radius 3 is 2.29 bits per heavy atom. The number of hydrogen-bond acceptors (Lipinski definition) is 4. The van der Waals surface area contributed by atoms with Crippen LogP contribution in [-0.2, 0) is 9.59 Å². The Morgan fingerprint density at radius 1 is 1.08 bits per heavy atom. The van der Waals surface area contributed by atoms with E-state index in [9.17, 15) is 14.7 Å². The highest BCUT2D eigenvalue weighted by atomic mass is 16.3. The summed E-state index contributed by atoms with van der Waals surface area (Å²) in [6, 6.07) is -0.0491. The molecule has 0 aromatic carbocycles. The standard InChI is InChI=1S/C18H31N3O3/c1-13(2)17(21-8-4-7-16(21)23)18(24)20-11-9-19(10-12-20)14-5-3-6-15(14)22/h13-15,17,22H,3-12H2,1-2H3/t14-,15-,17-/m1/s1. The van der Waals surface area contributed by atoms with Crippen molar-refractivity contribution in [3.05, 3.63) is 0 Å². The molecule has 2 heterocycles. The molecule has 3 aliphatic rings. The van der Waals surface area contributed by atoms with Crippen molar-refractivity contribution >= 4 is 11.8 Å². The average Bonchev–Trinajstić information content (AvgIpc) is 3.16.